The molecule has 2 atom stereocenters. The predicted molar refractivity (Wildman–Crippen MR) is 90.1 cm³/mol. The molecule has 0 fully saturated rings. The average Bonchev–Trinajstić information content (AvgIpc) is 2.44. The van der Waals surface area contributed by atoms with E-state index in [-0.39, 0.29) is 12.6 Å². The lowest BCUT2D eigenvalue weighted by molar-refractivity contribution is -0.140. The Bertz CT molecular complexity index is 481. The van der Waals surface area contributed by atoms with Gasteiger partial charge in [-0.2, -0.15) is 0 Å². The van der Waals surface area contributed by atoms with Gasteiger partial charge in [0.15, 0.2) is 0 Å². The highest BCUT2D eigenvalue weighted by Crippen LogP contribution is 2.07. The molecule has 0 aromatic heterocycles. The molecule has 0 saturated heterocycles. The second-order valence-corrected chi connectivity index (χ2v) is 6.32. The molecule has 4 N–H and O–H groups in total. The summed E-state index contributed by atoms with van der Waals surface area (Å²) in [5, 5.41) is 10.9. The van der Waals surface area contributed by atoms with E-state index in [1.807, 2.05) is 37.3 Å². The van der Waals surface area contributed by atoms with Crippen molar-refractivity contribution in [3.8, 4) is 0 Å². The molecule has 0 radical (unpaired) electrons. The van der Waals surface area contributed by atoms with Gasteiger partial charge in [-0.05, 0) is 33.3 Å². The Morgan fingerprint density at radius 3 is 2.09 bits per heavy atom. The number of rotatable bonds is 4. The summed E-state index contributed by atoms with van der Waals surface area (Å²) in [6.07, 6.45) is -0.592. The molecule has 0 aliphatic heterocycles. The maximum absolute atomic E-state index is 11.1. The van der Waals surface area contributed by atoms with Gasteiger partial charge in [0.2, 0.25) is 0 Å². The molecule has 0 aliphatic rings. The molecular weight excluding hydrogens is 296 g/mol. The lowest BCUT2D eigenvalue weighted by Gasteiger charge is -2.20. The van der Waals surface area contributed by atoms with E-state index in [1.165, 1.54) is 12.5 Å². The summed E-state index contributed by atoms with van der Waals surface area (Å²) >= 11 is 0. The van der Waals surface area contributed by atoms with Gasteiger partial charge in [0, 0.05) is 12.6 Å². The van der Waals surface area contributed by atoms with Crippen molar-refractivity contribution in [3.63, 3.8) is 0 Å². The van der Waals surface area contributed by atoms with Gasteiger partial charge in [-0.25, -0.2) is 4.79 Å². The zero-order valence-electron chi connectivity index (χ0n) is 14.5. The summed E-state index contributed by atoms with van der Waals surface area (Å²) in [6, 6.07) is 10.2. The maximum Gasteiger partial charge on any atom is 0.407 e. The molecule has 23 heavy (non-hydrogen) atoms. The molecule has 0 saturated carbocycles. The Balaban J connectivity index is 0.000000459. The Labute approximate surface area is 138 Å². The van der Waals surface area contributed by atoms with Crippen LogP contribution in [0.4, 0.5) is 4.79 Å². The van der Waals surface area contributed by atoms with E-state index in [2.05, 4.69) is 5.32 Å². The Hall–Kier alpha value is -2.08. The van der Waals surface area contributed by atoms with Gasteiger partial charge < -0.3 is 20.9 Å². The first kappa shape index (κ1) is 20.9. The lowest BCUT2D eigenvalue weighted by atomic mass is 10.1. The van der Waals surface area contributed by atoms with Gasteiger partial charge in [-0.1, -0.05) is 37.3 Å². The fourth-order valence-corrected chi connectivity index (χ4v) is 1.39. The number of amides is 1. The molecule has 1 rings (SSSR count). The first-order chi connectivity index (χ1) is 10.5. The van der Waals surface area contributed by atoms with Crippen LogP contribution < -0.4 is 11.1 Å². The first-order valence-electron chi connectivity index (χ1n) is 7.53. The van der Waals surface area contributed by atoms with E-state index in [0.29, 0.717) is 0 Å². The number of carboxylic acid groups (broad SMARTS) is 1. The van der Waals surface area contributed by atoms with Crippen molar-refractivity contribution in [2.45, 2.75) is 46.3 Å². The predicted octanol–water partition coefficient (Wildman–Crippen LogP) is 2.94. The molecule has 6 heteroatoms. The first-order valence-corrected chi connectivity index (χ1v) is 7.53. The molecule has 0 spiro atoms. The molecule has 1 aromatic carbocycles. The van der Waals surface area contributed by atoms with Crippen LogP contribution in [0.25, 0.3) is 0 Å². The number of nitrogens with two attached hydrogens (primary N) is 1. The Morgan fingerprint density at radius 1 is 1.22 bits per heavy atom. The number of nitrogens with one attached hydrogen (secondary N) is 1. The quantitative estimate of drug-likeness (QED) is 0.790. The summed E-state index contributed by atoms with van der Waals surface area (Å²) in [5.74, 6) is -1.55. The van der Waals surface area contributed by atoms with E-state index in [1.54, 1.807) is 20.8 Å². The molecule has 0 unspecified atom stereocenters. The van der Waals surface area contributed by atoms with Crippen molar-refractivity contribution in [3.05, 3.63) is 35.9 Å². The van der Waals surface area contributed by atoms with E-state index >= 15 is 0 Å². The molecule has 130 valence electrons. The highest BCUT2D eigenvalue weighted by molar-refractivity contribution is 5.72. The lowest BCUT2D eigenvalue weighted by Crippen LogP contribution is -2.36. The molecule has 0 bridgehead atoms. The van der Waals surface area contributed by atoms with Crippen LogP contribution in [-0.2, 0) is 9.53 Å². The number of benzene rings is 1. The number of carboxylic acids is 1. The van der Waals surface area contributed by atoms with Crippen LogP contribution in [0.3, 0.4) is 0 Å². The summed E-state index contributed by atoms with van der Waals surface area (Å²) < 4.78 is 4.92. The van der Waals surface area contributed by atoms with Crippen molar-refractivity contribution in [2.75, 3.05) is 6.54 Å². The second-order valence-electron chi connectivity index (χ2n) is 6.32. The van der Waals surface area contributed by atoms with Crippen molar-refractivity contribution in [1.82, 2.24) is 5.32 Å². The van der Waals surface area contributed by atoms with Crippen molar-refractivity contribution < 1.29 is 19.4 Å². The third-order valence-electron chi connectivity index (χ3n) is 2.70. The van der Waals surface area contributed by atoms with Crippen LogP contribution in [0.15, 0.2) is 30.3 Å². The third kappa shape index (κ3) is 11.2. The Kier molecular flexibility index (Phi) is 8.95. The van der Waals surface area contributed by atoms with Crippen molar-refractivity contribution in [2.24, 2.45) is 11.7 Å². The monoisotopic (exact) mass is 324 g/mol. The van der Waals surface area contributed by atoms with Gasteiger partial charge in [0.1, 0.15) is 5.60 Å². The molecule has 6 nitrogen and oxygen atoms in total. The number of carbonyl (C=O) groups is 2. The van der Waals surface area contributed by atoms with Gasteiger partial charge >= 0.3 is 12.1 Å². The van der Waals surface area contributed by atoms with Crippen LogP contribution in [-0.4, -0.2) is 29.3 Å². The SMILES string of the molecule is C[C@@H](N)c1ccccc1.C[C@H](CNC(=O)OC(C)(C)C)C(=O)O. The summed E-state index contributed by atoms with van der Waals surface area (Å²) in [7, 11) is 0. The van der Waals surface area contributed by atoms with E-state index in [9.17, 15) is 9.59 Å². The topological polar surface area (TPSA) is 102 Å². The normalized spacial score (nSPS) is 13.1. The third-order valence-corrected chi connectivity index (χ3v) is 2.70. The minimum Gasteiger partial charge on any atom is -0.481 e. The highest BCUT2D eigenvalue weighted by atomic mass is 16.6. The van der Waals surface area contributed by atoms with Crippen LogP contribution in [0.1, 0.15) is 46.2 Å². The Morgan fingerprint density at radius 2 is 1.74 bits per heavy atom. The minimum absolute atomic E-state index is 0.0737. The highest BCUT2D eigenvalue weighted by Gasteiger charge is 2.17. The van der Waals surface area contributed by atoms with Crippen molar-refractivity contribution in [1.29, 1.82) is 0 Å². The summed E-state index contributed by atoms with van der Waals surface area (Å²) in [4.78, 5) is 21.5. The standard InChI is InChI=1S/C9H17NO4.C8H11N/c1-6(7(11)12)5-10-8(13)14-9(2,3)4;1-7(9)8-5-3-2-4-6-8/h6H,5H2,1-4H3,(H,10,13)(H,11,12);2-7H,9H2,1H3/t6-;7-/m11/s1. The molecule has 0 heterocycles. The smallest absolute Gasteiger partial charge is 0.407 e. The number of alkyl carbamates (subject to hydrolysis) is 1. The number of hydrogen-bond donors (Lipinski definition) is 3. The molecule has 1 aromatic rings. The van der Waals surface area contributed by atoms with Crippen LogP contribution >= 0.6 is 0 Å². The number of aliphatic carboxylic acids is 1. The molecule has 1 amide bonds. The second kappa shape index (κ2) is 9.84. The van der Waals surface area contributed by atoms with Crippen LogP contribution in [0, 0.1) is 5.92 Å². The zero-order valence-corrected chi connectivity index (χ0v) is 14.5. The largest absolute Gasteiger partial charge is 0.481 e. The zero-order chi connectivity index (χ0) is 18.0. The van der Waals surface area contributed by atoms with Crippen molar-refractivity contribution >= 4 is 12.1 Å². The number of ether oxygens (including phenoxy) is 1. The van der Waals surface area contributed by atoms with Gasteiger partial charge in [-0.3, -0.25) is 4.79 Å². The van der Waals surface area contributed by atoms with E-state index < -0.39 is 23.6 Å². The summed E-state index contributed by atoms with van der Waals surface area (Å²) in [5.41, 5.74) is 6.25. The van der Waals surface area contributed by atoms with Gasteiger partial charge in [-0.15, -0.1) is 0 Å². The average molecular weight is 324 g/mol. The van der Waals surface area contributed by atoms with Crippen LogP contribution in [0.5, 0.6) is 0 Å². The summed E-state index contributed by atoms with van der Waals surface area (Å²) in [6.45, 7) is 8.80. The van der Waals surface area contributed by atoms with Gasteiger partial charge in [0.05, 0.1) is 5.92 Å². The maximum atomic E-state index is 11.1. The minimum atomic E-state index is -0.943. The fraction of sp³-hybridized carbons (Fsp3) is 0.529. The number of hydrogen-bond acceptors (Lipinski definition) is 4. The van der Waals surface area contributed by atoms with E-state index in [0.717, 1.165) is 0 Å². The molecular formula is C17H28N2O4. The van der Waals surface area contributed by atoms with E-state index in [4.69, 9.17) is 15.6 Å². The van der Waals surface area contributed by atoms with Crippen LogP contribution in [0.2, 0.25) is 0 Å². The van der Waals surface area contributed by atoms with Gasteiger partial charge in [0.25, 0.3) is 0 Å². The molecule has 0 aliphatic carbocycles. The fourth-order valence-electron chi connectivity index (χ4n) is 1.39. The number of carbonyl (C=O) groups excluding carboxylic acids is 1.